The van der Waals surface area contributed by atoms with E-state index in [1.54, 1.807) is 0 Å². The first-order chi connectivity index (χ1) is 10.5. The number of rotatable bonds is 6. The fraction of sp³-hybridized carbons (Fsp3) is 0.688. The first-order valence-corrected chi connectivity index (χ1v) is 7.73. The van der Waals surface area contributed by atoms with Gasteiger partial charge >= 0.3 is 17.9 Å². The van der Waals surface area contributed by atoms with Crippen molar-refractivity contribution in [3.05, 3.63) is 12.2 Å². The number of fused-ring (bicyclic) bond motifs is 2. The summed E-state index contributed by atoms with van der Waals surface area (Å²) < 4.78 is 10.1. The summed E-state index contributed by atoms with van der Waals surface area (Å²) in [6.45, 7) is 2.73. The minimum absolute atomic E-state index is 0.0437. The topological polar surface area (TPSA) is 89.9 Å². The van der Waals surface area contributed by atoms with Gasteiger partial charge in [-0.05, 0) is 37.5 Å². The van der Waals surface area contributed by atoms with Crippen LogP contribution in [0.25, 0.3) is 0 Å². The van der Waals surface area contributed by atoms with Gasteiger partial charge in [-0.25, -0.2) is 9.59 Å². The van der Waals surface area contributed by atoms with Crippen LogP contribution < -0.4 is 0 Å². The third-order valence-electron chi connectivity index (χ3n) is 4.47. The van der Waals surface area contributed by atoms with E-state index in [0.717, 1.165) is 25.7 Å². The standard InChI is InChI=1S/C16H22O6/c1-10(16(20)21-9-13(17)18)8-14(19)22-15-11-4-2-5-12(15)7-3-6-11/h11-12,15H,1-9H2,(H,17,18). The third-order valence-corrected chi connectivity index (χ3v) is 4.47. The number of hydrogen-bond donors (Lipinski definition) is 1. The summed E-state index contributed by atoms with van der Waals surface area (Å²) >= 11 is 0. The van der Waals surface area contributed by atoms with Gasteiger partial charge in [-0.2, -0.15) is 0 Å². The molecule has 0 aromatic rings. The molecule has 0 aromatic heterocycles. The number of carboxylic acid groups (broad SMARTS) is 1. The van der Waals surface area contributed by atoms with E-state index in [-0.39, 0.29) is 18.1 Å². The van der Waals surface area contributed by atoms with E-state index >= 15 is 0 Å². The SMILES string of the molecule is C=C(CC(=O)OC1C2CCCC1CCC2)C(=O)OCC(=O)O. The number of carboxylic acids is 1. The van der Waals surface area contributed by atoms with Gasteiger partial charge in [0.05, 0.1) is 6.42 Å². The maximum Gasteiger partial charge on any atom is 0.341 e. The second-order valence-electron chi connectivity index (χ2n) is 6.09. The van der Waals surface area contributed by atoms with Crippen LogP contribution in [0.4, 0.5) is 0 Å². The highest BCUT2D eigenvalue weighted by Gasteiger charge is 2.38. The van der Waals surface area contributed by atoms with Crippen molar-refractivity contribution in [1.82, 2.24) is 0 Å². The van der Waals surface area contributed by atoms with Crippen molar-refractivity contribution in [3.63, 3.8) is 0 Å². The zero-order valence-electron chi connectivity index (χ0n) is 12.6. The highest BCUT2D eigenvalue weighted by molar-refractivity contribution is 5.94. The first kappa shape index (κ1) is 16.5. The smallest absolute Gasteiger partial charge is 0.341 e. The third kappa shape index (κ3) is 4.32. The van der Waals surface area contributed by atoms with Crippen molar-refractivity contribution < 1.29 is 29.0 Å². The lowest BCUT2D eigenvalue weighted by atomic mass is 9.70. The van der Waals surface area contributed by atoms with Gasteiger partial charge in [-0.1, -0.05) is 19.4 Å². The average molecular weight is 310 g/mol. The largest absolute Gasteiger partial charge is 0.479 e. The Labute approximate surface area is 129 Å². The molecule has 2 aliphatic rings. The van der Waals surface area contributed by atoms with Crippen molar-refractivity contribution in [2.45, 2.75) is 51.0 Å². The van der Waals surface area contributed by atoms with Crippen LogP contribution in [0.1, 0.15) is 44.9 Å². The van der Waals surface area contributed by atoms with E-state index in [1.807, 2.05) is 0 Å². The molecule has 2 rings (SSSR count). The van der Waals surface area contributed by atoms with E-state index in [4.69, 9.17) is 9.84 Å². The van der Waals surface area contributed by atoms with Crippen LogP contribution in [0.15, 0.2) is 12.2 Å². The molecule has 0 amide bonds. The van der Waals surface area contributed by atoms with Gasteiger partial charge < -0.3 is 14.6 Å². The number of carbonyl (C=O) groups excluding carboxylic acids is 2. The summed E-state index contributed by atoms with van der Waals surface area (Å²) in [5.41, 5.74) is -0.0766. The monoisotopic (exact) mass is 310 g/mol. The molecule has 0 saturated heterocycles. The maximum absolute atomic E-state index is 12.0. The molecule has 2 bridgehead atoms. The molecule has 122 valence electrons. The molecule has 0 aromatic carbocycles. The van der Waals surface area contributed by atoms with Crippen molar-refractivity contribution in [2.24, 2.45) is 11.8 Å². The van der Waals surface area contributed by atoms with Crippen LogP contribution in [-0.2, 0) is 23.9 Å². The molecule has 2 fully saturated rings. The van der Waals surface area contributed by atoms with Gasteiger partial charge in [0.2, 0.25) is 0 Å². The van der Waals surface area contributed by atoms with E-state index in [1.165, 1.54) is 12.8 Å². The average Bonchev–Trinajstić information content (AvgIpc) is 2.44. The highest BCUT2D eigenvalue weighted by Crippen LogP contribution is 2.41. The Balaban J connectivity index is 1.81. The molecule has 0 atom stereocenters. The minimum Gasteiger partial charge on any atom is -0.479 e. The molecular weight excluding hydrogens is 288 g/mol. The summed E-state index contributed by atoms with van der Waals surface area (Å²) in [5.74, 6) is -1.74. The Bertz CT molecular complexity index is 447. The summed E-state index contributed by atoms with van der Waals surface area (Å²) in [6, 6.07) is 0. The molecule has 0 aliphatic heterocycles. The van der Waals surface area contributed by atoms with Gasteiger partial charge in [0.25, 0.3) is 0 Å². The zero-order valence-corrected chi connectivity index (χ0v) is 12.6. The number of aliphatic carboxylic acids is 1. The Morgan fingerprint density at radius 2 is 1.59 bits per heavy atom. The van der Waals surface area contributed by atoms with E-state index in [9.17, 15) is 14.4 Å². The number of carbonyl (C=O) groups is 3. The molecule has 0 heterocycles. The van der Waals surface area contributed by atoms with Crippen molar-refractivity contribution in [2.75, 3.05) is 6.61 Å². The number of esters is 2. The molecule has 6 nitrogen and oxygen atoms in total. The minimum atomic E-state index is -1.25. The lowest BCUT2D eigenvalue weighted by Crippen LogP contribution is -2.40. The van der Waals surface area contributed by atoms with Crippen LogP contribution in [0, 0.1) is 11.8 Å². The molecule has 0 radical (unpaired) electrons. The van der Waals surface area contributed by atoms with Gasteiger partial charge in [-0.3, -0.25) is 4.79 Å². The van der Waals surface area contributed by atoms with E-state index in [0.29, 0.717) is 11.8 Å². The predicted molar refractivity (Wildman–Crippen MR) is 76.9 cm³/mol. The summed E-state index contributed by atoms with van der Waals surface area (Å²) in [7, 11) is 0. The highest BCUT2D eigenvalue weighted by atomic mass is 16.6. The van der Waals surface area contributed by atoms with Crippen molar-refractivity contribution in [3.8, 4) is 0 Å². The normalized spacial score (nSPS) is 26.8. The van der Waals surface area contributed by atoms with E-state index < -0.39 is 24.5 Å². The number of ether oxygens (including phenoxy) is 2. The molecule has 1 N–H and O–H groups in total. The van der Waals surface area contributed by atoms with Gasteiger partial charge in [-0.15, -0.1) is 0 Å². The van der Waals surface area contributed by atoms with Crippen LogP contribution in [0.5, 0.6) is 0 Å². The quantitative estimate of drug-likeness (QED) is 0.596. The molecule has 2 saturated carbocycles. The molecular formula is C16H22O6. The lowest BCUT2D eigenvalue weighted by Gasteiger charge is -2.41. The Kier molecular flexibility index (Phi) is 5.57. The van der Waals surface area contributed by atoms with E-state index in [2.05, 4.69) is 11.3 Å². The Morgan fingerprint density at radius 3 is 2.09 bits per heavy atom. The second-order valence-corrected chi connectivity index (χ2v) is 6.09. The second kappa shape index (κ2) is 7.42. The summed E-state index contributed by atoms with van der Waals surface area (Å²) in [6.07, 6.45) is 6.46. The van der Waals surface area contributed by atoms with Crippen LogP contribution in [0.2, 0.25) is 0 Å². The fourth-order valence-electron chi connectivity index (χ4n) is 3.48. The predicted octanol–water partition coefficient (Wildman–Crippen LogP) is 2.07. The zero-order chi connectivity index (χ0) is 16.1. The van der Waals surface area contributed by atoms with Crippen molar-refractivity contribution >= 4 is 17.9 Å². The van der Waals surface area contributed by atoms with Crippen molar-refractivity contribution in [1.29, 1.82) is 0 Å². The van der Waals surface area contributed by atoms with Crippen LogP contribution in [0.3, 0.4) is 0 Å². The first-order valence-electron chi connectivity index (χ1n) is 7.73. The summed E-state index contributed by atoms with van der Waals surface area (Å²) in [5, 5.41) is 8.44. The summed E-state index contributed by atoms with van der Waals surface area (Å²) in [4.78, 5) is 33.8. The molecule has 6 heteroatoms. The number of hydrogen-bond acceptors (Lipinski definition) is 5. The van der Waals surface area contributed by atoms with Gasteiger partial charge in [0.15, 0.2) is 6.61 Å². The maximum atomic E-state index is 12.0. The van der Waals surface area contributed by atoms with Gasteiger partial charge in [0, 0.05) is 5.57 Å². The Morgan fingerprint density at radius 1 is 1.05 bits per heavy atom. The molecule has 22 heavy (non-hydrogen) atoms. The molecule has 0 spiro atoms. The molecule has 2 aliphatic carbocycles. The van der Waals surface area contributed by atoms with Crippen LogP contribution in [-0.4, -0.2) is 35.7 Å². The Hall–Kier alpha value is -1.85. The van der Waals surface area contributed by atoms with Crippen LogP contribution >= 0.6 is 0 Å². The van der Waals surface area contributed by atoms with Gasteiger partial charge in [0.1, 0.15) is 6.10 Å². The lowest BCUT2D eigenvalue weighted by molar-refractivity contribution is -0.161. The molecule has 0 unspecified atom stereocenters. The fourth-order valence-corrected chi connectivity index (χ4v) is 3.48.